The lowest BCUT2D eigenvalue weighted by atomic mass is 9.95. The molecule has 14 heavy (non-hydrogen) atoms. The van der Waals surface area contributed by atoms with E-state index in [2.05, 4.69) is 0 Å². The van der Waals surface area contributed by atoms with Crippen LogP contribution in [0.25, 0.3) is 0 Å². The molecule has 0 fully saturated rings. The molecule has 2 rings (SSSR count). The van der Waals surface area contributed by atoms with Gasteiger partial charge in [0.05, 0.1) is 6.42 Å². The highest BCUT2D eigenvalue weighted by Crippen LogP contribution is 2.33. The van der Waals surface area contributed by atoms with Crippen molar-refractivity contribution in [3.63, 3.8) is 0 Å². The summed E-state index contributed by atoms with van der Waals surface area (Å²) in [6.45, 7) is 1.98. The molecule has 0 N–H and O–H groups in total. The van der Waals surface area contributed by atoms with Crippen LogP contribution in [0.1, 0.15) is 24.8 Å². The second-order valence-corrected chi connectivity index (χ2v) is 4.09. The summed E-state index contributed by atoms with van der Waals surface area (Å²) in [6, 6.07) is 5.30. The molecule has 1 heterocycles. The van der Waals surface area contributed by atoms with E-state index < -0.39 is 0 Å². The third-order valence-corrected chi connectivity index (χ3v) is 2.82. The lowest BCUT2D eigenvalue weighted by Gasteiger charge is -2.21. The molecule has 1 unspecified atom stereocenters. The Morgan fingerprint density at radius 3 is 3.00 bits per heavy atom. The molecule has 1 aromatic carbocycles. The fourth-order valence-electron chi connectivity index (χ4n) is 1.60. The van der Waals surface area contributed by atoms with Crippen LogP contribution in [-0.2, 0) is 9.36 Å². The molecule has 4 heteroatoms. The molecule has 1 aliphatic heterocycles. The molecule has 0 saturated carbocycles. The maximum atomic E-state index is 11.1. The minimum atomic E-state index is -0.218. The van der Waals surface area contributed by atoms with Gasteiger partial charge in [0.15, 0.2) is 8.46 Å². The van der Waals surface area contributed by atoms with Gasteiger partial charge in [-0.25, -0.2) is 0 Å². The molecule has 0 radical (unpaired) electrons. The first kappa shape index (κ1) is 9.35. The van der Waals surface area contributed by atoms with Crippen molar-refractivity contribution >= 4 is 19.7 Å². The van der Waals surface area contributed by atoms with E-state index in [-0.39, 0.29) is 20.3 Å². The van der Waals surface area contributed by atoms with E-state index in [0.29, 0.717) is 17.5 Å². The van der Waals surface area contributed by atoms with Gasteiger partial charge in [-0.05, 0) is 23.6 Å². The van der Waals surface area contributed by atoms with Crippen molar-refractivity contribution in [3.05, 3.63) is 23.8 Å². The van der Waals surface area contributed by atoms with Gasteiger partial charge in [-0.1, -0.05) is 13.0 Å². The van der Waals surface area contributed by atoms with Crippen molar-refractivity contribution in [1.29, 1.82) is 0 Å². The van der Waals surface area contributed by atoms with E-state index in [1.807, 2.05) is 13.0 Å². The molecule has 0 saturated heterocycles. The van der Waals surface area contributed by atoms with Crippen LogP contribution in [0.3, 0.4) is 0 Å². The molecule has 0 bridgehead atoms. The molecule has 0 spiro atoms. The largest absolute Gasteiger partial charge is 0.426 e. The molecule has 0 aliphatic carbocycles. The molecule has 1 aliphatic rings. The minimum absolute atomic E-state index is 0.0514. The molecule has 0 aromatic heterocycles. The van der Waals surface area contributed by atoms with E-state index in [9.17, 15) is 9.36 Å². The van der Waals surface area contributed by atoms with E-state index in [0.717, 1.165) is 5.56 Å². The standard InChI is InChI=1S/C10H9O3P/c1-6-4-10(11)13-9-5-7(14-12)2-3-8(6)9/h2-3,5-6H,4H2,1H3. The summed E-state index contributed by atoms with van der Waals surface area (Å²) in [5.41, 5.74) is 1.01. The van der Waals surface area contributed by atoms with Crippen molar-refractivity contribution in [2.75, 3.05) is 0 Å². The van der Waals surface area contributed by atoms with Gasteiger partial charge in [0.1, 0.15) is 5.75 Å². The number of carbonyl (C=O) groups is 1. The van der Waals surface area contributed by atoms with Gasteiger partial charge in [0.25, 0.3) is 0 Å². The highest BCUT2D eigenvalue weighted by molar-refractivity contribution is 7.34. The van der Waals surface area contributed by atoms with Gasteiger partial charge in [0.2, 0.25) is 0 Å². The molecular weight excluding hydrogens is 199 g/mol. The summed E-state index contributed by atoms with van der Waals surface area (Å²) in [5.74, 6) is 0.517. The maximum Gasteiger partial charge on any atom is 0.311 e. The van der Waals surface area contributed by atoms with Gasteiger partial charge in [0, 0.05) is 5.30 Å². The number of hydrogen-bond acceptors (Lipinski definition) is 3. The Morgan fingerprint density at radius 1 is 1.50 bits per heavy atom. The number of esters is 1. The third-order valence-electron chi connectivity index (χ3n) is 2.33. The highest BCUT2D eigenvalue weighted by atomic mass is 31.1. The fraction of sp³-hybridized carbons (Fsp3) is 0.300. The summed E-state index contributed by atoms with van der Waals surface area (Å²) in [6.07, 6.45) is 0.418. The van der Waals surface area contributed by atoms with Gasteiger partial charge >= 0.3 is 5.97 Å². The Bertz CT molecular complexity index is 400. The van der Waals surface area contributed by atoms with Crippen LogP contribution in [0.15, 0.2) is 18.2 Å². The Morgan fingerprint density at radius 2 is 2.29 bits per heavy atom. The number of benzene rings is 1. The van der Waals surface area contributed by atoms with Crippen LogP contribution >= 0.6 is 8.46 Å². The summed E-state index contributed by atoms with van der Waals surface area (Å²) in [4.78, 5) is 11.1. The van der Waals surface area contributed by atoms with Gasteiger partial charge in [-0.3, -0.25) is 9.36 Å². The lowest BCUT2D eigenvalue weighted by Crippen LogP contribution is -2.19. The van der Waals surface area contributed by atoms with Crippen LogP contribution in [0, 0.1) is 0 Å². The van der Waals surface area contributed by atoms with Crippen LogP contribution in [-0.4, -0.2) is 5.97 Å². The van der Waals surface area contributed by atoms with Crippen molar-refractivity contribution in [1.82, 2.24) is 0 Å². The second-order valence-electron chi connectivity index (χ2n) is 3.39. The van der Waals surface area contributed by atoms with Gasteiger partial charge in [-0.15, -0.1) is 0 Å². The SMILES string of the molecule is CC1CC(=O)Oc2cc(P=O)ccc21. The number of fused-ring (bicyclic) bond motifs is 1. The van der Waals surface area contributed by atoms with E-state index in [4.69, 9.17) is 4.74 Å². The second kappa shape index (κ2) is 3.50. The van der Waals surface area contributed by atoms with Crippen molar-refractivity contribution in [2.45, 2.75) is 19.3 Å². The molecule has 72 valence electrons. The first-order valence-electron chi connectivity index (χ1n) is 4.38. The van der Waals surface area contributed by atoms with Crippen LogP contribution in [0.5, 0.6) is 5.75 Å². The Labute approximate surface area is 83.3 Å². The van der Waals surface area contributed by atoms with Gasteiger partial charge in [-0.2, -0.15) is 0 Å². The third kappa shape index (κ3) is 1.55. The zero-order chi connectivity index (χ0) is 10.1. The molecule has 1 atom stereocenters. The summed E-state index contributed by atoms with van der Waals surface area (Å²) < 4.78 is 15.7. The zero-order valence-corrected chi connectivity index (χ0v) is 8.58. The number of rotatable bonds is 1. The smallest absolute Gasteiger partial charge is 0.311 e. The Balaban J connectivity index is 2.48. The quantitative estimate of drug-likeness (QED) is 0.403. The monoisotopic (exact) mass is 208 g/mol. The van der Waals surface area contributed by atoms with E-state index >= 15 is 0 Å². The summed E-state index contributed by atoms with van der Waals surface area (Å²) in [5, 5.41) is 0.630. The van der Waals surface area contributed by atoms with Gasteiger partial charge < -0.3 is 4.74 Å². The predicted molar refractivity (Wildman–Crippen MR) is 52.3 cm³/mol. The number of ether oxygens (including phenoxy) is 1. The lowest BCUT2D eigenvalue weighted by molar-refractivity contribution is -0.135. The van der Waals surface area contributed by atoms with Crippen molar-refractivity contribution in [2.24, 2.45) is 0 Å². The number of carbonyl (C=O) groups excluding carboxylic acids is 1. The molecule has 1 aromatic rings. The maximum absolute atomic E-state index is 11.1. The first-order chi connectivity index (χ1) is 6.70. The van der Waals surface area contributed by atoms with Crippen LogP contribution in [0.2, 0.25) is 0 Å². The molecular formula is C10H9O3P. The Kier molecular flexibility index (Phi) is 2.34. The van der Waals surface area contributed by atoms with Crippen molar-refractivity contribution in [3.8, 4) is 5.75 Å². The fourth-order valence-corrected chi connectivity index (χ4v) is 1.90. The first-order valence-corrected chi connectivity index (χ1v) is 5.20. The normalized spacial score (nSPS) is 20.4. The zero-order valence-electron chi connectivity index (χ0n) is 7.69. The molecule has 3 nitrogen and oxygen atoms in total. The summed E-state index contributed by atoms with van der Waals surface area (Å²) in [7, 11) is -0.0514. The van der Waals surface area contributed by atoms with Crippen molar-refractivity contribution < 1.29 is 14.1 Å². The van der Waals surface area contributed by atoms with Crippen LogP contribution in [0.4, 0.5) is 0 Å². The van der Waals surface area contributed by atoms with E-state index in [1.54, 1.807) is 12.1 Å². The predicted octanol–water partition coefficient (Wildman–Crippen LogP) is 2.02. The average molecular weight is 208 g/mol. The minimum Gasteiger partial charge on any atom is -0.426 e. The topological polar surface area (TPSA) is 43.4 Å². The molecule has 0 amide bonds. The highest BCUT2D eigenvalue weighted by Gasteiger charge is 2.23. The van der Waals surface area contributed by atoms with Crippen LogP contribution < -0.4 is 10.0 Å². The number of hydrogen-bond donors (Lipinski definition) is 0. The van der Waals surface area contributed by atoms with E-state index in [1.165, 1.54) is 0 Å². The Hall–Kier alpha value is -1.21. The summed E-state index contributed by atoms with van der Waals surface area (Å²) >= 11 is 0. The average Bonchev–Trinajstić information content (AvgIpc) is 2.16.